The lowest BCUT2D eigenvalue weighted by molar-refractivity contribution is 0.480. The molecule has 23 nitrogen and oxygen atoms in total. The molecule has 1 aromatic heterocycles. The molecule has 6 aromatic rings. The van der Waals surface area contributed by atoms with Crippen molar-refractivity contribution in [1.82, 2.24) is 15.0 Å². The van der Waals surface area contributed by atoms with Crippen LogP contribution in [0.15, 0.2) is 126 Å². The van der Waals surface area contributed by atoms with Crippen LogP contribution in [-0.4, -0.2) is 91.8 Å². The van der Waals surface area contributed by atoms with Gasteiger partial charge in [0.15, 0.2) is 0 Å². The highest BCUT2D eigenvalue weighted by atomic mass is 32.2. The third-order valence-corrected chi connectivity index (χ3v) is 12.3. The summed E-state index contributed by atoms with van der Waals surface area (Å²) in [5.41, 5.74) is 2.75. The van der Waals surface area contributed by atoms with Gasteiger partial charge in [0.25, 0.3) is 40.5 Å². The lowest BCUT2D eigenvalue weighted by Gasteiger charge is -2.13. The minimum Gasteiger partial charge on any atom is -0.353 e. The van der Waals surface area contributed by atoms with E-state index in [4.69, 9.17) is 12.6 Å². The molecule has 5 N–H and O–H groups in total. The molecule has 1 heterocycles. The highest BCUT2D eigenvalue weighted by Crippen LogP contribution is 2.35. The van der Waals surface area contributed by atoms with Crippen LogP contribution in [0.2, 0.25) is 0 Å². The molecule has 0 atom stereocenters. The van der Waals surface area contributed by atoms with E-state index < -0.39 is 71.5 Å². The molecule has 0 amide bonds. The summed E-state index contributed by atoms with van der Waals surface area (Å²) in [5.74, 6) is -0.593. The van der Waals surface area contributed by atoms with E-state index in [1.807, 2.05) is 0 Å². The van der Waals surface area contributed by atoms with Crippen molar-refractivity contribution in [2.75, 3.05) is 17.6 Å². The summed E-state index contributed by atoms with van der Waals surface area (Å²) in [6, 6.07) is 21.8. The smallest absolute Gasteiger partial charge is 0.353 e. The quantitative estimate of drug-likeness (QED) is 0.0609. The van der Waals surface area contributed by atoms with Gasteiger partial charge in [0.1, 0.15) is 21.4 Å². The first-order valence-electron chi connectivity index (χ1n) is 18.1. The highest BCUT2D eigenvalue weighted by molar-refractivity contribution is 7.86. The van der Waals surface area contributed by atoms with Crippen LogP contribution in [0.5, 0.6) is 0 Å². The van der Waals surface area contributed by atoms with Crippen LogP contribution in [-0.2, 0) is 63.9 Å². The first kappa shape index (κ1) is 49.6. The van der Waals surface area contributed by atoms with Crippen molar-refractivity contribution in [3.05, 3.63) is 125 Å². The molecule has 0 fully saturated rings. The Labute approximate surface area is 372 Å². The van der Waals surface area contributed by atoms with Crippen molar-refractivity contribution < 1.29 is 64.5 Å². The van der Waals surface area contributed by atoms with Gasteiger partial charge in [-0.3, -0.25) is 18.2 Å². The van der Waals surface area contributed by atoms with E-state index in [0.717, 1.165) is 18.2 Å². The van der Waals surface area contributed by atoms with Gasteiger partial charge in [0.05, 0.1) is 33.4 Å². The molecule has 0 aliphatic rings. The fourth-order valence-corrected chi connectivity index (χ4v) is 8.54. The van der Waals surface area contributed by atoms with E-state index in [1.165, 1.54) is 30.3 Å². The topological polar surface area (TPSA) is 369 Å². The average molecular weight is 991 g/mol. The first-order chi connectivity index (χ1) is 30.3. The standard InChI is InChI=1S/C37H34N8O12S4.O3S/c1-22-16-31(45-44-28-19-30-29(34(21-28)61(55,56)57)9-6-10-32(30)59(49,50)51)23(2)15-25(22)18-36-39-35(40-37(41-36)38-13-14-58(46,47)48)17-24-11-12-27(20-33(24)60(52,53)54)43-42-26-7-4-3-5-8-26;1-4(2)3/h3-12,15-16,19-21H,13-14,17-18H2,1-2H3,(H,46,47,48)(H,49,50,51)(H,52,53,54)(H,55,56,57)(H,38,39,40,41);. The number of fused-ring (bicyclic) bond motifs is 1. The normalized spacial score (nSPS) is 12.3. The number of azo groups is 2. The average Bonchev–Trinajstić information content (AvgIpc) is 3.19. The Hall–Kier alpha value is -6.37. The van der Waals surface area contributed by atoms with Crippen molar-refractivity contribution in [1.29, 1.82) is 0 Å². The van der Waals surface area contributed by atoms with Crippen molar-refractivity contribution in [2.45, 2.75) is 41.4 Å². The lowest BCUT2D eigenvalue weighted by atomic mass is 10.0. The fraction of sp³-hybridized carbons (Fsp3) is 0.162. The largest absolute Gasteiger partial charge is 0.425 e. The number of hydrogen-bond acceptors (Lipinski definition) is 19. The van der Waals surface area contributed by atoms with Gasteiger partial charge in [-0.25, -0.2) is 4.98 Å². The summed E-state index contributed by atoms with van der Waals surface area (Å²) in [5, 5.41) is 18.8. The summed E-state index contributed by atoms with van der Waals surface area (Å²) in [6.45, 7) is 3.14. The number of nitrogens with zero attached hydrogens (tertiary/aromatic N) is 7. The molecular weight excluding hydrogens is 957 g/mol. The molecule has 0 aliphatic carbocycles. The lowest BCUT2D eigenvalue weighted by Crippen LogP contribution is -2.18. The predicted octanol–water partition coefficient (Wildman–Crippen LogP) is 5.69. The molecule has 28 heteroatoms. The second-order valence-electron chi connectivity index (χ2n) is 13.6. The van der Waals surface area contributed by atoms with Gasteiger partial charge in [-0.1, -0.05) is 42.5 Å². The minimum absolute atomic E-state index is 0.0273. The zero-order valence-electron chi connectivity index (χ0n) is 33.4. The van der Waals surface area contributed by atoms with E-state index in [1.54, 1.807) is 56.3 Å². The number of anilines is 1. The number of aryl methyl sites for hydroxylation is 2. The fourth-order valence-electron chi connectivity index (χ4n) is 6.02. The molecular formula is C37H34N8O15S5. The zero-order chi connectivity index (χ0) is 47.9. The van der Waals surface area contributed by atoms with E-state index in [2.05, 4.69) is 40.7 Å². The Balaban J connectivity index is 0.00000190. The maximum Gasteiger partial charge on any atom is 0.425 e. The Morgan fingerprint density at radius 2 is 1.11 bits per heavy atom. The third-order valence-electron chi connectivity index (χ3n) is 8.82. The third kappa shape index (κ3) is 14.3. The molecule has 5 aromatic carbocycles. The van der Waals surface area contributed by atoms with E-state index in [-0.39, 0.29) is 64.7 Å². The summed E-state index contributed by atoms with van der Waals surface area (Å²) in [4.78, 5) is 11.5. The minimum atomic E-state index is -4.89. The molecule has 0 spiro atoms. The van der Waals surface area contributed by atoms with Crippen LogP contribution in [0, 0.1) is 13.8 Å². The Kier molecular flexibility index (Phi) is 15.4. The molecule has 0 saturated carbocycles. The Bertz CT molecular complexity index is 3440. The first-order valence-corrected chi connectivity index (χ1v) is 25.0. The number of rotatable bonds is 15. The number of aromatic nitrogens is 3. The van der Waals surface area contributed by atoms with Gasteiger partial charge < -0.3 is 5.32 Å². The Morgan fingerprint density at radius 3 is 1.71 bits per heavy atom. The van der Waals surface area contributed by atoms with Crippen LogP contribution in [0.1, 0.15) is 33.9 Å². The Morgan fingerprint density at radius 1 is 0.538 bits per heavy atom. The van der Waals surface area contributed by atoms with Crippen LogP contribution in [0.25, 0.3) is 10.8 Å². The van der Waals surface area contributed by atoms with Crippen LogP contribution in [0.3, 0.4) is 0 Å². The molecule has 0 unspecified atom stereocenters. The van der Waals surface area contributed by atoms with Crippen molar-refractivity contribution in [3.8, 4) is 0 Å². The summed E-state index contributed by atoms with van der Waals surface area (Å²) >= 11 is 0. The van der Waals surface area contributed by atoms with E-state index >= 15 is 0 Å². The predicted molar refractivity (Wildman–Crippen MR) is 231 cm³/mol. The van der Waals surface area contributed by atoms with Gasteiger partial charge >= 0.3 is 10.6 Å². The highest BCUT2D eigenvalue weighted by Gasteiger charge is 2.22. The summed E-state index contributed by atoms with van der Waals surface area (Å²) in [7, 11) is -22.0. The SMILES string of the molecule is Cc1cc(N=Nc2cc(S(=O)(=O)O)c3cccc(S(=O)(=O)O)c3c2)c(C)cc1Cc1nc(Cc2ccc(N=Nc3ccccc3)cc2S(=O)(=O)O)nc(NCCS(=O)(=O)O)n1.O=S(=O)=O. The van der Waals surface area contributed by atoms with E-state index in [0.29, 0.717) is 28.1 Å². The second kappa shape index (κ2) is 20.2. The van der Waals surface area contributed by atoms with Crippen molar-refractivity contribution in [2.24, 2.45) is 20.5 Å². The van der Waals surface area contributed by atoms with Crippen LogP contribution < -0.4 is 5.32 Å². The summed E-state index contributed by atoms with van der Waals surface area (Å²) < 4.78 is 161. The van der Waals surface area contributed by atoms with Crippen molar-refractivity contribution in [3.63, 3.8) is 0 Å². The molecule has 0 bridgehead atoms. The monoisotopic (exact) mass is 990 g/mol. The van der Waals surface area contributed by atoms with Gasteiger partial charge in [-0.15, -0.1) is 12.6 Å². The van der Waals surface area contributed by atoms with Crippen LogP contribution >= 0.6 is 0 Å². The maximum absolute atomic E-state index is 12.5. The molecule has 0 saturated heterocycles. The molecule has 0 aliphatic heterocycles. The molecule has 342 valence electrons. The number of hydrogen-bond donors (Lipinski definition) is 5. The summed E-state index contributed by atoms with van der Waals surface area (Å²) in [6.07, 6.45) is -0.192. The van der Waals surface area contributed by atoms with Crippen LogP contribution in [0.4, 0.5) is 28.7 Å². The van der Waals surface area contributed by atoms with Crippen molar-refractivity contribution >= 4 is 90.6 Å². The second-order valence-corrected chi connectivity index (χ2v) is 19.7. The number of benzene rings is 5. The van der Waals surface area contributed by atoms with Gasteiger partial charge in [-0.05, 0) is 84.6 Å². The zero-order valence-corrected chi connectivity index (χ0v) is 37.5. The maximum atomic E-state index is 12.5. The number of nitrogens with one attached hydrogen (secondary N) is 1. The van der Waals surface area contributed by atoms with E-state index in [9.17, 15) is 51.9 Å². The molecule has 0 radical (unpaired) electrons. The van der Waals surface area contributed by atoms with Gasteiger partial charge in [-0.2, -0.15) is 64.1 Å². The van der Waals surface area contributed by atoms with Gasteiger partial charge in [0, 0.05) is 30.2 Å². The molecule has 65 heavy (non-hydrogen) atoms. The molecule has 6 rings (SSSR count). The van der Waals surface area contributed by atoms with Gasteiger partial charge in [0.2, 0.25) is 5.95 Å².